The minimum atomic E-state index is -0.289. The van der Waals surface area contributed by atoms with Crippen LogP contribution in [-0.4, -0.2) is 13.1 Å². The molecule has 0 bridgehead atoms. The number of hydrogen-bond acceptors (Lipinski definition) is 2. The highest BCUT2D eigenvalue weighted by atomic mass is 79.9. The molecule has 0 heterocycles. The Labute approximate surface area is 95.6 Å². The van der Waals surface area contributed by atoms with Gasteiger partial charge in [-0.25, -0.2) is 4.39 Å². The van der Waals surface area contributed by atoms with Crippen molar-refractivity contribution in [2.24, 2.45) is 5.92 Å². The maximum atomic E-state index is 13.2. The lowest BCUT2D eigenvalue weighted by Crippen LogP contribution is -2.03. The van der Waals surface area contributed by atoms with Gasteiger partial charge in [0.25, 0.3) is 0 Å². The molecule has 0 aliphatic heterocycles. The first-order valence-corrected chi connectivity index (χ1v) is 5.45. The van der Waals surface area contributed by atoms with Crippen LogP contribution in [0.15, 0.2) is 22.7 Å². The second kappa shape index (κ2) is 3.93. The molecule has 1 saturated carbocycles. The van der Waals surface area contributed by atoms with Gasteiger partial charge in [-0.05, 0) is 46.0 Å². The number of benzene rings is 1. The number of rotatable bonds is 2. The Hall–Kier alpha value is -0.900. The highest BCUT2D eigenvalue weighted by Crippen LogP contribution is 2.48. The van der Waals surface area contributed by atoms with Crippen molar-refractivity contribution in [3.63, 3.8) is 0 Å². The van der Waals surface area contributed by atoms with Crippen molar-refractivity contribution in [1.29, 1.82) is 0 Å². The molecule has 80 valence electrons. The predicted octanol–water partition coefficient (Wildman–Crippen LogP) is 2.86. The molecule has 0 N–H and O–H groups in total. The molecule has 1 unspecified atom stereocenters. The van der Waals surface area contributed by atoms with E-state index in [1.807, 2.05) is 6.07 Å². The van der Waals surface area contributed by atoms with Gasteiger partial charge in [0.05, 0.1) is 17.5 Å². The molecular formula is C11H10BrFO2. The molecule has 0 aromatic heterocycles. The van der Waals surface area contributed by atoms with Gasteiger partial charge in [0.2, 0.25) is 0 Å². The lowest BCUT2D eigenvalue weighted by atomic mass is 10.1. The number of halogens is 2. The van der Waals surface area contributed by atoms with Crippen LogP contribution in [0.5, 0.6) is 0 Å². The van der Waals surface area contributed by atoms with Crippen molar-refractivity contribution >= 4 is 21.9 Å². The Kier molecular flexibility index (Phi) is 2.78. The van der Waals surface area contributed by atoms with Crippen LogP contribution in [0.25, 0.3) is 0 Å². The van der Waals surface area contributed by atoms with Crippen LogP contribution in [-0.2, 0) is 9.53 Å². The van der Waals surface area contributed by atoms with Crippen molar-refractivity contribution in [3.05, 3.63) is 34.1 Å². The molecule has 15 heavy (non-hydrogen) atoms. The quantitative estimate of drug-likeness (QED) is 0.774. The van der Waals surface area contributed by atoms with E-state index in [-0.39, 0.29) is 23.6 Å². The van der Waals surface area contributed by atoms with Gasteiger partial charge in [0.15, 0.2) is 0 Å². The van der Waals surface area contributed by atoms with E-state index in [0.29, 0.717) is 4.47 Å². The first kappa shape index (κ1) is 10.6. The molecule has 4 heteroatoms. The Morgan fingerprint density at radius 3 is 2.93 bits per heavy atom. The Balaban J connectivity index is 2.13. The maximum absolute atomic E-state index is 13.2. The number of methoxy groups -OCH3 is 1. The van der Waals surface area contributed by atoms with Gasteiger partial charge < -0.3 is 4.74 Å². The lowest BCUT2D eigenvalue weighted by Gasteiger charge is -2.01. The third-order valence-electron chi connectivity index (χ3n) is 2.67. The van der Waals surface area contributed by atoms with Gasteiger partial charge in [-0.2, -0.15) is 0 Å². The average molecular weight is 273 g/mol. The molecule has 2 nitrogen and oxygen atoms in total. The van der Waals surface area contributed by atoms with E-state index in [2.05, 4.69) is 20.7 Å². The Morgan fingerprint density at radius 1 is 1.60 bits per heavy atom. The van der Waals surface area contributed by atoms with E-state index in [0.717, 1.165) is 12.0 Å². The molecule has 0 radical (unpaired) electrons. The zero-order chi connectivity index (χ0) is 11.0. The van der Waals surface area contributed by atoms with Crippen LogP contribution in [0.4, 0.5) is 4.39 Å². The zero-order valence-electron chi connectivity index (χ0n) is 8.17. The standard InChI is InChI=1S/C11H10BrFO2/c1-15-11(14)8-5-7(8)6-2-3-9(12)10(13)4-6/h2-4,7-8H,5H2,1H3/t7?,8-/m1/s1. The molecule has 2 rings (SSSR count). The van der Waals surface area contributed by atoms with Gasteiger partial charge >= 0.3 is 5.97 Å². The van der Waals surface area contributed by atoms with Gasteiger partial charge in [-0.3, -0.25) is 4.79 Å². The van der Waals surface area contributed by atoms with Crippen molar-refractivity contribution in [1.82, 2.24) is 0 Å². The third kappa shape index (κ3) is 2.04. The van der Waals surface area contributed by atoms with E-state index >= 15 is 0 Å². The van der Waals surface area contributed by atoms with Gasteiger partial charge in [0.1, 0.15) is 5.82 Å². The minimum absolute atomic E-state index is 0.0874. The topological polar surface area (TPSA) is 26.3 Å². The monoisotopic (exact) mass is 272 g/mol. The molecule has 1 aliphatic carbocycles. The second-order valence-corrected chi connectivity index (χ2v) is 4.50. The van der Waals surface area contributed by atoms with Crippen molar-refractivity contribution in [2.45, 2.75) is 12.3 Å². The van der Waals surface area contributed by atoms with Gasteiger partial charge in [0, 0.05) is 0 Å². The number of esters is 1. The summed E-state index contributed by atoms with van der Waals surface area (Å²) in [7, 11) is 1.37. The van der Waals surface area contributed by atoms with E-state index < -0.39 is 0 Å². The number of carbonyl (C=O) groups excluding carboxylic acids is 1. The van der Waals surface area contributed by atoms with E-state index in [1.165, 1.54) is 13.2 Å². The number of ether oxygens (including phenoxy) is 1. The zero-order valence-corrected chi connectivity index (χ0v) is 9.75. The summed E-state index contributed by atoms with van der Waals surface area (Å²) in [5.41, 5.74) is 0.867. The summed E-state index contributed by atoms with van der Waals surface area (Å²) in [6.45, 7) is 0. The first-order chi connectivity index (χ1) is 7.13. The van der Waals surface area contributed by atoms with Crippen LogP contribution in [0.3, 0.4) is 0 Å². The average Bonchev–Trinajstić information content (AvgIpc) is 3.01. The van der Waals surface area contributed by atoms with E-state index in [9.17, 15) is 9.18 Å². The molecule has 0 saturated heterocycles. The number of hydrogen-bond donors (Lipinski definition) is 0. The summed E-state index contributed by atoms with van der Waals surface area (Å²) in [5, 5.41) is 0. The Morgan fingerprint density at radius 2 is 2.33 bits per heavy atom. The molecule has 1 aromatic carbocycles. The summed E-state index contributed by atoms with van der Waals surface area (Å²) in [5.74, 6) is -0.457. The highest BCUT2D eigenvalue weighted by Gasteiger charge is 2.45. The van der Waals surface area contributed by atoms with Crippen LogP contribution in [0.2, 0.25) is 0 Å². The summed E-state index contributed by atoms with van der Waals surface area (Å²) < 4.78 is 18.3. The van der Waals surface area contributed by atoms with Crippen LogP contribution >= 0.6 is 15.9 Å². The smallest absolute Gasteiger partial charge is 0.309 e. The summed E-state index contributed by atoms with van der Waals surface area (Å²) in [6, 6.07) is 4.97. The molecule has 0 amide bonds. The summed E-state index contributed by atoms with van der Waals surface area (Å²) >= 11 is 3.09. The summed E-state index contributed by atoms with van der Waals surface area (Å²) in [6.07, 6.45) is 0.758. The SMILES string of the molecule is COC(=O)[C@@H]1CC1c1ccc(Br)c(F)c1. The molecule has 1 aliphatic rings. The summed E-state index contributed by atoms with van der Waals surface area (Å²) in [4.78, 5) is 11.2. The third-order valence-corrected chi connectivity index (χ3v) is 3.31. The van der Waals surface area contributed by atoms with Crippen molar-refractivity contribution < 1.29 is 13.9 Å². The van der Waals surface area contributed by atoms with Crippen LogP contribution < -0.4 is 0 Å². The van der Waals surface area contributed by atoms with Gasteiger partial charge in [-0.1, -0.05) is 6.07 Å². The van der Waals surface area contributed by atoms with Crippen molar-refractivity contribution in [3.8, 4) is 0 Å². The lowest BCUT2D eigenvalue weighted by molar-refractivity contribution is -0.142. The van der Waals surface area contributed by atoms with Gasteiger partial charge in [-0.15, -0.1) is 0 Å². The fourth-order valence-electron chi connectivity index (χ4n) is 1.72. The molecule has 1 aromatic rings. The Bertz CT molecular complexity index is 406. The van der Waals surface area contributed by atoms with Crippen LogP contribution in [0.1, 0.15) is 17.9 Å². The first-order valence-electron chi connectivity index (χ1n) is 4.66. The maximum Gasteiger partial charge on any atom is 0.309 e. The van der Waals surface area contributed by atoms with Crippen LogP contribution in [0, 0.1) is 11.7 Å². The van der Waals surface area contributed by atoms with Crippen molar-refractivity contribution in [2.75, 3.05) is 7.11 Å². The van der Waals surface area contributed by atoms with E-state index in [4.69, 9.17) is 0 Å². The second-order valence-electron chi connectivity index (χ2n) is 3.65. The highest BCUT2D eigenvalue weighted by molar-refractivity contribution is 9.10. The fraction of sp³-hybridized carbons (Fsp3) is 0.364. The number of carbonyl (C=O) groups is 1. The molecule has 0 spiro atoms. The molecule has 1 fully saturated rings. The normalized spacial score (nSPS) is 23.7. The minimum Gasteiger partial charge on any atom is -0.469 e. The largest absolute Gasteiger partial charge is 0.469 e. The predicted molar refractivity (Wildman–Crippen MR) is 57.0 cm³/mol. The fourth-order valence-corrected chi connectivity index (χ4v) is 1.96. The molecule has 2 atom stereocenters. The van der Waals surface area contributed by atoms with E-state index in [1.54, 1.807) is 6.07 Å². The molecular weight excluding hydrogens is 263 g/mol.